The van der Waals surface area contributed by atoms with Crippen LogP contribution in [0.1, 0.15) is 19.4 Å². The molecule has 0 bridgehead atoms. The van der Waals surface area contributed by atoms with Crippen molar-refractivity contribution in [3.8, 4) is 11.5 Å². The lowest BCUT2D eigenvalue weighted by atomic mass is 10.2. The Labute approximate surface area is 149 Å². The van der Waals surface area contributed by atoms with E-state index in [2.05, 4.69) is 15.5 Å². The third-order valence-electron chi connectivity index (χ3n) is 2.81. The lowest BCUT2D eigenvalue weighted by Crippen LogP contribution is -2.15. The van der Waals surface area contributed by atoms with Gasteiger partial charge in [0.1, 0.15) is 5.82 Å². The molecule has 0 aliphatic carbocycles. The van der Waals surface area contributed by atoms with Gasteiger partial charge in [0.05, 0.1) is 19.4 Å². The van der Waals surface area contributed by atoms with E-state index < -0.39 is 5.97 Å². The van der Waals surface area contributed by atoms with Crippen LogP contribution < -0.4 is 20.6 Å². The maximum atomic E-state index is 11.4. The molecule has 1 aromatic carbocycles. The number of nitrogens with one attached hydrogen (secondary N) is 1. The van der Waals surface area contributed by atoms with Crippen LogP contribution in [0.2, 0.25) is 0 Å². The summed E-state index contributed by atoms with van der Waals surface area (Å²) in [6.07, 6.45) is 1.62. The fourth-order valence-corrected chi connectivity index (χ4v) is 2.38. The molecule has 0 radical (unpaired) electrons. The van der Waals surface area contributed by atoms with Gasteiger partial charge in [-0.15, -0.1) is 11.3 Å². The van der Waals surface area contributed by atoms with Crippen molar-refractivity contribution in [2.45, 2.75) is 13.8 Å². The minimum Gasteiger partial charge on any atom is -0.490 e. The molecule has 134 valence electrons. The number of hydrogen-bond donors (Lipinski definition) is 2. The molecule has 3 N–H and O–H groups in total. The van der Waals surface area contributed by atoms with Gasteiger partial charge in [-0.3, -0.25) is 5.43 Å². The van der Waals surface area contributed by atoms with Gasteiger partial charge in [0.15, 0.2) is 18.1 Å². The number of nitrogens with zero attached hydrogens (tertiary/aromatic N) is 2. The Balaban J connectivity index is 2.02. The van der Waals surface area contributed by atoms with E-state index in [-0.39, 0.29) is 6.61 Å². The van der Waals surface area contributed by atoms with Crippen molar-refractivity contribution in [1.82, 2.24) is 4.98 Å². The minimum atomic E-state index is -0.428. The summed E-state index contributed by atoms with van der Waals surface area (Å²) in [6.45, 7) is 4.21. The average molecular weight is 364 g/mol. The van der Waals surface area contributed by atoms with Crippen molar-refractivity contribution in [3.05, 3.63) is 29.1 Å². The summed E-state index contributed by atoms with van der Waals surface area (Å²) in [5.41, 5.74) is 9.14. The Morgan fingerprint density at radius 1 is 1.32 bits per heavy atom. The Hall–Kier alpha value is -2.81. The van der Waals surface area contributed by atoms with Gasteiger partial charge >= 0.3 is 5.97 Å². The molecule has 0 saturated heterocycles. The largest absolute Gasteiger partial charge is 0.490 e. The normalized spacial score (nSPS) is 10.6. The maximum Gasteiger partial charge on any atom is 0.344 e. The molecule has 0 aliphatic rings. The van der Waals surface area contributed by atoms with Crippen LogP contribution in [0, 0.1) is 0 Å². The zero-order valence-corrected chi connectivity index (χ0v) is 14.8. The second kappa shape index (κ2) is 9.48. The summed E-state index contributed by atoms with van der Waals surface area (Å²) in [4.78, 5) is 15.4. The Morgan fingerprint density at radius 2 is 2.16 bits per heavy atom. The van der Waals surface area contributed by atoms with Crippen molar-refractivity contribution >= 4 is 34.5 Å². The summed E-state index contributed by atoms with van der Waals surface area (Å²) in [5.74, 6) is 1.01. The molecule has 25 heavy (non-hydrogen) atoms. The van der Waals surface area contributed by atoms with E-state index in [0.717, 1.165) is 5.56 Å². The Kier molecular flexibility index (Phi) is 7.02. The standard InChI is InChI=1S/C16H20N4O4S/c1-3-22-13-7-11(8-18-20-16-19-14(17)10-25-16)5-6-12(13)24-9-15(21)23-4-2/h5-8,10H,3-4,9,17H2,1-2H3,(H,19,20). The molecule has 0 spiro atoms. The number of carbonyl (C=O) groups excluding carboxylic acids is 1. The number of carbonyl (C=O) groups is 1. The highest BCUT2D eigenvalue weighted by Crippen LogP contribution is 2.28. The van der Waals surface area contributed by atoms with Crippen molar-refractivity contribution in [2.24, 2.45) is 5.10 Å². The average Bonchev–Trinajstić information content (AvgIpc) is 3.00. The molecule has 2 rings (SSSR count). The van der Waals surface area contributed by atoms with Crippen molar-refractivity contribution < 1.29 is 19.0 Å². The first kappa shape index (κ1) is 18.5. The molecule has 2 aromatic rings. The first-order chi connectivity index (χ1) is 12.1. The topological polar surface area (TPSA) is 108 Å². The lowest BCUT2D eigenvalue weighted by Gasteiger charge is -2.12. The van der Waals surface area contributed by atoms with Crippen LogP contribution in [-0.2, 0) is 9.53 Å². The summed E-state index contributed by atoms with van der Waals surface area (Å²) in [5, 5.41) is 6.43. The summed E-state index contributed by atoms with van der Waals surface area (Å²) >= 11 is 1.36. The van der Waals surface area contributed by atoms with Crippen LogP contribution in [0.15, 0.2) is 28.7 Å². The first-order valence-corrected chi connectivity index (χ1v) is 8.55. The monoisotopic (exact) mass is 364 g/mol. The number of hydrazone groups is 1. The van der Waals surface area contributed by atoms with Crippen LogP contribution >= 0.6 is 11.3 Å². The quantitative estimate of drug-likeness (QED) is 0.400. The Bertz CT molecular complexity index is 733. The number of aromatic nitrogens is 1. The van der Waals surface area contributed by atoms with Gasteiger partial charge in [-0.25, -0.2) is 9.78 Å². The highest BCUT2D eigenvalue weighted by molar-refractivity contribution is 7.14. The molecule has 1 aromatic heterocycles. The van der Waals surface area contributed by atoms with Gasteiger partial charge in [0.2, 0.25) is 5.13 Å². The van der Waals surface area contributed by atoms with Gasteiger partial charge < -0.3 is 19.9 Å². The molecule has 0 aliphatic heterocycles. The number of thiazole rings is 1. The molecule has 0 saturated carbocycles. The second-order valence-corrected chi connectivity index (χ2v) is 5.54. The van der Waals surface area contributed by atoms with Crippen LogP contribution in [0.5, 0.6) is 11.5 Å². The number of nitrogen functional groups attached to an aromatic ring is 1. The van der Waals surface area contributed by atoms with Gasteiger partial charge in [-0.1, -0.05) is 0 Å². The zero-order valence-electron chi connectivity index (χ0n) is 14.0. The van der Waals surface area contributed by atoms with E-state index in [4.69, 9.17) is 19.9 Å². The van der Waals surface area contributed by atoms with Crippen molar-refractivity contribution in [1.29, 1.82) is 0 Å². The summed E-state index contributed by atoms with van der Waals surface area (Å²) in [6, 6.07) is 5.28. The van der Waals surface area contributed by atoms with E-state index >= 15 is 0 Å². The zero-order chi connectivity index (χ0) is 18.1. The fraction of sp³-hybridized carbons (Fsp3) is 0.312. The van der Waals surface area contributed by atoms with Gasteiger partial charge in [0.25, 0.3) is 0 Å². The van der Waals surface area contributed by atoms with Crippen LogP contribution in [0.3, 0.4) is 0 Å². The molecule has 9 heteroatoms. The van der Waals surface area contributed by atoms with Crippen LogP contribution in [0.4, 0.5) is 10.9 Å². The predicted octanol–water partition coefficient (Wildman–Crippen LogP) is 2.51. The molecule has 0 unspecified atom stereocenters. The number of esters is 1. The van der Waals surface area contributed by atoms with Crippen LogP contribution in [-0.4, -0.2) is 37.0 Å². The minimum absolute atomic E-state index is 0.172. The molecule has 8 nitrogen and oxygen atoms in total. The molecule has 0 fully saturated rings. The SMILES string of the molecule is CCOC(=O)COc1ccc(C=NNc2nc(N)cs2)cc1OCC. The van der Waals surface area contributed by atoms with Gasteiger partial charge in [-0.2, -0.15) is 5.10 Å². The van der Waals surface area contributed by atoms with Gasteiger partial charge in [-0.05, 0) is 37.6 Å². The van der Waals surface area contributed by atoms with E-state index in [0.29, 0.717) is 35.7 Å². The fourth-order valence-electron chi connectivity index (χ4n) is 1.83. The van der Waals surface area contributed by atoms with Gasteiger partial charge in [0, 0.05) is 5.38 Å². The number of benzene rings is 1. The molecule has 0 atom stereocenters. The maximum absolute atomic E-state index is 11.4. The molecular weight excluding hydrogens is 344 g/mol. The van der Waals surface area contributed by atoms with E-state index in [1.54, 1.807) is 36.7 Å². The smallest absolute Gasteiger partial charge is 0.344 e. The highest BCUT2D eigenvalue weighted by atomic mass is 32.1. The number of hydrogen-bond acceptors (Lipinski definition) is 9. The molecule has 0 amide bonds. The number of anilines is 2. The van der Waals surface area contributed by atoms with E-state index in [1.807, 2.05) is 6.92 Å². The third-order valence-corrected chi connectivity index (χ3v) is 3.58. The predicted molar refractivity (Wildman–Crippen MR) is 97.5 cm³/mol. The highest BCUT2D eigenvalue weighted by Gasteiger charge is 2.09. The first-order valence-electron chi connectivity index (χ1n) is 7.67. The number of ether oxygens (including phenoxy) is 3. The molecular formula is C16H20N4O4S. The van der Waals surface area contributed by atoms with E-state index in [9.17, 15) is 4.79 Å². The number of nitrogens with two attached hydrogens (primary N) is 1. The summed E-state index contributed by atoms with van der Waals surface area (Å²) in [7, 11) is 0. The summed E-state index contributed by atoms with van der Waals surface area (Å²) < 4.78 is 15.8. The second-order valence-electron chi connectivity index (χ2n) is 4.68. The van der Waals surface area contributed by atoms with E-state index in [1.165, 1.54) is 11.3 Å². The number of rotatable bonds is 9. The lowest BCUT2D eigenvalue weighted by molar-refractivity contribution is -0.145. The van der Waals surface area contributed by atoms with Crippen molar-refractivity contribution in [3.63, 3.8) is 0 Å². The molecule has 1 heterocycles. The Morgan fingerprint density at radius 3 is 2.84 bits per heavy atom. The van der Waals surface area contributed by atoms with Crippen LogP contribution in [0.25, 0.3) is 0 Å². The van der Waals surface area contributed by atoms with Crippen molar-refractivity contribution in [2.75, 3.05) is 31.0 Å². The third kappa shape index (κ3) is 5.96.